The van der Waals surface area contributed by atoms with E-state index in [1.807, 2.05) is 6.92 Å². The van der Waals surface area contributed by atoms with Crippen molar-refractivity contribution in [1.29, 1.82) is 0 Å². The molecule has 86 valence electrons. The number of aliphatic hydroxyl groups excluding tert-OH is 1. The largest absolute Gasteiger partial charge is 0.481 e. The van der Waals surface area contributed by atoms with Crippen molar-refractivity contribution in [3.63, 3.8) is 0 Å². The topological polar surface area (TPSA) is 66.8 Å². The number of aliphatic hydroxyl groups is 1. The average Bonchev–Trinajstić information content (AvgIpc) is 2.77. The molecule has 2 saturated heterocycles. The van der Waals surface area contributed by atoms with Crippen molar-refractivity contribution in [2.24, 2.45) is 11.3 Å². The average molecular weight is 214 g/mol. The van der Waals surface area contributed by atoms with E-state index in [9.17, 15) is 9.90 Å². The maximum absolute atomic E-state index is 11.4. The summed E-state index contributed by atoms with van der Waals surface area (Å²) in [5.41, 5.74) is -0.731. The van der Waals surface area contributed by atoms with Gasteiger partial charge in [-0.2, -0.15) is 0 Å². The second-order valence-electron chi connectivity index (χ2n) is 4.98. The Morgan fingerprint density at radius 2 is 2.33 bits per heavy atom. The highest BCUT2D eigenvalue weighted by Crippen LogP contribution is 2.51. The second kappa shape index (κ2) is 3.76. The molecule has 0 aliphatic carbocycles. The minimum Gasteiger partial charge on any atom is -0.481 e. The molecule has 0 spiro atoms. The van der Waals surface area contributed by atoms with Crippen molar-refractivity contribution in [3.05, 3.63) is 0 Å². The summed E-state index contributed by atoms with van der Waals surface area (Å²) in [4.78, 5) is 11.4. The molecular weight excluding hydrogens is 196 g/mol. The summed E-state index contributed by atoms with van der Waals surface area (Å²) in [6.07, 6.45) is 3.01. The zero-order chi connectivity index (χ0) is 11.1. The summed E-state index contributed by atoms with van der Waals surface area (Å²) in [5.74, 6) is -0.723. The van der Waals surface area contributed by atoms with Crippen LogP contribution in [0.4, 0.5) is 0 Å². The van der Waals surface area contributed by atoms with Gasteiger partial charge in [0.1, 0.15) is 0 Å². The third-order valence-electron chi connectivity index (χ3n) is 3.77. The summed E-state index contributed by atoms with van der Waals surface area (Å²) in [7, 11) is 0. The lowest BCUT2D eigenvalue weighted by atomic mass is 9.69. The van der Waals surface area contributed by atoms with Gasteiger partial charge in [-0.05, 0) is 31.6 Å². The number of rotatable bonds is 4. The number of aliphatic carboxylic acids is 1. The van der Waals surface area contributed by atoms with E-state index >= 15 is 0 Å². The lowest BCUT2D eigenvalue weighted by Crippen LogP contribution is -2.42. The molecule has 4 atom stereocenters. The molecule has 0 aromatic carbocycles. The number of carbonyl (C=O) groups is 1. The SMILES string of the molecule is CC(CO)CC1(C(=O)O)CC2CCC1O2. The Balaban J connectivity index is 2.15. The molecule has 0 aromatic heterocycles. The van der Waals surface area contributed by atoms with Crippen molar-refractivity contribution in [2.45, 2.75) is 44.8 Å². The fraction of sp³-hybridized carbons (Fsp3) is 0.909. The Kier molecular flexibility index (Phi) is 2.73. The van der Waals surface area contributed by atoms with Gasteiger partial charge in [-0.1, -0.05) is 6.92 Å². The third kappa shape index (κ3) is 1.66. The van der Waals surface area contributed by atoms with Crippen molar-refractivity contribution in [2.75, 3.05) is 6.61 Å². The van der Waals surface area contributed by atoms with Crippen LogP contribution in [0.25, 0.3) is 0 Å². The normalized spacial score (nSPS) is 40.7. The van der Waals surface area contributed by atoms with Gasteiger partial charge >= 0.3 is 5.97 Å². The minimum absolute atomic E-state index is 0.0315. The van der Waals surface area contributed by atoms with E-state index in [0.717, 1.165) is 12.8 Å². The van der Waals surface area contributed by atoms with Crippen LogP contribution in [0.5, 0.6) is 0 Å². The summed E-state index contributed by atoms with van der Waals surface area (Å²) in [6, 6.07) is 0. The molecule has 2 bridgehead atoms. The molecule has 0 radical (unpaired) electrons. The molecule has 15 heavy (non-hydrogen) atoms. The molecule has 2 fully saturated rings. The first-order chi connectivity index (χ1) is 7.08. The molecule has 2 heterocycles. The van der Waals surface area contributed by atoms with Gasteiger partial charge in [-0.15, -0.1) is 0 Å². The first kappa shape index (κ1) is 10.9. The molecule has 2 aliphatic rings. The van der Waals surface area contributed by atoms with Crippen LogP contribution in [0.15, 0.2) is 0 Å². The smallest absolute Gasteiger partial charge is 0.312 e. The van der Waals surface area contributed by atoms with Gasteiger partial charge in [-0.3, -0.25) is 4.79 Å². The van der Waals surface area contributed by atoms with Crippen molar-refractivity contribution >= 4 is 5.97 Å². The molecule has 0 saturated carbocycles. The number of fused-ring (bicyclic) bond motifs is 2. The highest BCUT2D eigenvalue weighted by molar-refractivity contribution is 5.76. The lowest BCUT2D eigenvalue weighted by molar-refractivity contribution is -0.154. The Morgan fingerprint density at radius 3 is 2.73 bits per heavy atom. The Labute approximate surface area is 89.2 Å². The number of carboxylic acids is 1. The van der Waals surface area contributed by atoms with E-state index in [1.165, 1.54) is 0 Å². The summed E-state index contributed by atoms with van der Waals surface area (Å²) >= 11 is 0. The zero-order valence-corrected chi connectivity index (χ0v) is 8.98. The van der Waals surface area contributed by atoms with Crippen LogP contribution >= 0.6 is 0 Å². The zero-order valence-electron chi connectivity index (χ0n) is 8.98. The van der Waals surface area contributed by atoms with Crippen LogP contribution in [0.1, 0.15) is 32.6 Å². The molecule has 2 N–H and O–H groups in total. The van der Waals surface area contributed by atoms with Crippen LogP contribution in [0.2, 0.25) is 0 Å². The fourth-order valence-electron chi connectivity index (χ4n) is 3.01. The number of carboxylic acid groups (broad SMARTS) is 1. The molecule has 2 aliphatic heterocycles. The number of hydrogen-bond donors (Lipinski definition) is 2. The molecule has 2 rings (SSSR count). The fourth-order valence-corrected chi connectivity index (χ4v) is 3.01. The molecule has 0 aromatic rings. The second-order valence-corrected chi connectivity index (χ2v) is 4.98. The van der Waals surface area contributed by atoms with Gasteiger partial charge in [0.2, 0.25) is 0 Å². The molecule has 0 amide bonds. The summed E-state index contributed by atoms with van der Waals surface area (Å²) < 4.78 is 5.63. The maximum atomic E-state index is 11.4. The van der Waals surface area contributed by atoms with Crippen LogP contribution in [0, 0.1) is 11.3 Å². The number of hydrogen-bond acceptors (Lipinski definition) is 3. The Hall–Kier alpha value is -0.610. The summed E-state index contributed by atoms with van der Waals surface area (Å²) in [5, 5.41) is 18.4. The van der Waals surface area contributed by atoms with E-state index in [-0.39, 0.29) is 24.7 Å². The van der Waals surface area contributed by atoms with E-state index in [4.69, 9.17) is 9.84 Å². The van der Waals surface area contributed by atoms with Crippen molar-refractivity contribution in [1.82, 2.24) is 0 Å². The van der Waals surface area contributed by atoms with Gasteiger partial charge < -0.3 is 14.9 Å². The molecular formula is C11H18O4. The van der Waals surface area contributed by atoms with Gasteiger partial charge in [-0.25, -0.2) is 0 Å². The first-order valence-electron chi connectivity index (χ1n) is 5.58. The Bertz CT molecular complexity index is 265. The van der Waals surface area contributed by atoms with E-state index in [2.05, 4.69) is 0 Å². The molecule has 4 heteroatoms. The predicted molar refractivity (Wildman–Crippen MR) is 53.4 cm³/mol. The predicted octanol–water partition coefficient (Wildman–Crippen LogP) is 1.03. The van der Waals surface area contributed by atoms with E-state index < -0.39 is 11.4 Å². The van der Waals surface area contributed by atoms with Crippen LogP contribution in [0.3, 0.4) is 0 Å². The third-order valence-corrected chi connectivity index (χ3v) is 3.77. The minimum atomic E-state index is -0.755. The van der Waals surface area contributed by atoms with Crippen molar-refractivity contribution in [3.8, 4) is 0 Å². The summed E-state index contributed by atoms with van der Waals surface area (Å²) in [6.45, 7) is 1.93. The highest BCUT2D eigenvalue weighted by Gasteiger charge is 2.57. The standard InChI is InChI=1S/C11H18O4/c1-7(6-12)4-11(10(13)14)5-8-2-3-9(11)15-8/h7-9,12H,2-6H2,1H3,(H,13,14). The van der Waals surface area contributed by atoms with E-state index in [1.54, 1.807) is 0 Å². The van der Waals surface area contributed by atoms with Crippen LogP contribution < -0.4 is 0 Å². The highest BCUT2D eigenvalue weighted by atomic mass is 16.5. The van der Waals surface area contributed by atoms with Gasteiger partial charge in [0, 0.05) is 6.61 Å². The quantitative estimate of drug-likeness (QED) is 0.733. The van der Waals surface area contributed by atoms with Gasteiger partial charge in [0.25, 0.3) is 0 Å². The maximum Gasteiger partial charge on any atom is 0.312 e. The first-order valence-corrected chi connectivity index (χ1v) is 5.58. The van der Waals surface area contributed by atoms with Gasteiger partial charge in [0.15, 0.2) is 0 Å². The Morgan fingerprint density at radius 1 is 1.60 bits per heavy atom. The van der Waals surface area contributed by atoms with Crippen molar-refractivity contribution < 1.29 is 19.7 Å². The molecule has 4 nitrogen and oxygen atoms in total. The van der Waals surface area contributed by atoms with Gasteiger partial charge in [0.05, 0.1) is 17.6 Å². The van der Waals surface area contributed by atoms with Crippen LogP contribution in [-0.4, -0.2) is 35.0 Å². The lowest BCUT2D eigenvalue weighted by Gasteiger charge is -2.32. The van der Waals surface area contributed by atoms with E-state index in [0.29, 0.717) is 12.8 Å². The molecule has 4 unspecified atom stereocenters. The van der Waals surface area contributed by atoms with Crippen LogP contribution in [-0.2, 0) is 9.53 Å². The monoisotopic (exact) mass is 214 g/mol. The number of ether oxygens (including phenoxy) is 1.